The van der Waals surface area contributed by atoms with Gasteiger partial charge in [0.25, 0.3) is 0 Å². The molecule has 0 bridgehead atoms. The predicted octanol–water partition coefficient (Wildman–Crippen LogP) is 3.09. The molecule has 1 atom stereocenters. The molecule has 4 rings (SSSR count). The van der Waals surface area contributed by atoms with Crippen LogP contribution in [0.2, 0.25) is 0 Å². The predicted molar refractivity (Wildman–Crippen MR) is 75.1 cm³/mol. The quantitative estimate of drug-likeness (QED) is 0.821. The fourth-order valence-electron chi connectivity index (χ4n) is 3.28. The number of benzene rings is 1. The molecule has 0 radical (unpaired) electrons. The van der Waals surface area contributed by atoms with Crippen LogP contribution in [0.3, 0.4) is 0 Å². The summed E-state index contributed by atoms with van der Waals surface area (Å²) in [5, 5.41) is 0. The first-order valence-corrected chi connectivity index (χ1v) is 6.92. The smallest absolute Gasteiger partial charge is 0.0808 e. The fraction of sp³-hybridized carbons (Fsp3) is 0.375. The molecule has 3 nitrogen and oxygen atoms in total. The Labute approximate surface area is 113 Å². The summed E-state index contributed by atoms with van der Waals surface area (Å²) in [4.78, 5) is 11.1. The molecule has 2 aliphatic rings. The zero-order chi connectivity index (χ0) is 12.9. The number of fused-ring (bicyclic) bond motifs is 2. The van der Waals surface area contributed by atoms with Gasteiger partial charge in [0.1, 0.15) is 0 Å². The summed E-state index contributed by atoms with van der Waals surface area (Å²) in [7, 11) is 0. The first-order valence-electron chi connectivity index (χ1n) is 6.92. The summed E-state index contributed by atoms with van der Waals surface area (Å²) < 4.78 is 0. The van der Waals surface area contributed by atoms with E-state index in [1.165, 1.54) is 24.1 Å². The van der Waals surface area contributed by atoms with Gasteiger partial charge in [0.05, 0.1) is 17.9 Å². The largest absolute Gasteiger partial charge is 0.362 e. The van der Waals surface area contributed by atoms with E-state index in [0.717, 1.165) is 12.2 Å². The normalized spacial score (nSPS) is 20.4. The van der Waals surface area contributed by atoms with Crippen LogP contribution in [0.1, 0.15) is 37.1 Å². The van der Waals surface area contributed by atoms with Crippen molar-refractivity contribution in [1.29, 1.82) is 0 Å². The average Bonchev–Trinajstić information content (AvgIpc) is 3.18. The third-order valence-electron chi connectivity index (χ3n) is 4.59. The standard InChI is InChI=1S/C16H17N3/c1-12(14-10-17-8-9-18-14)19-11-16(6-7-16)13-4-2-3-5-15(13)19/h2-5,8-10,12H,6-7,11H2,1H3. The number of hydrogen-bond acceptors (Lipinski definition) is 3. The highest BCUT2D eigenvalue weighted by Crippen LogP contribution is 2.57. The molecule has 2 heterocycles. The van der Waals surface area contributed by atoms with Crippen LogP contribution in [-0.4, -0.2) is 16.5 Å². The van der Waals surface area contributed by atoms with Crippen LogP contribution in [0, 0.1) is 0 Å². The van der Waals surface area contributed by atoms with Gasteiger partial charge in [-0.25, -0.2) is 0 Å². The Hall–Kier alpha value is -1.90. The van der Waals surface area contributed by atoms with Crippen molar-refractivity contribution in [2.24, 2.45) is 0 Å². The highest BCUT2D eigenvalue weighted by atomic mass is 15.2. The molecular weight excluding hydrogens is 234 g/mol. The van der Waals surface area contributed by atoms with E-state index in [4.69, 9.17) is 0 Å². The van der Waals surface area contributed by atoms with Crippen LogP contribution >= 0.6 is 0 Å². The molecule has 0 N–H and O–H groups in total. The second-order valence-electron chi connectivity index (χ2n) is 5.73. The van der Waals surface area contributed by atoms with Crippen LogP contribution in [0.15, 0.2) is 42.9 Å². The second-order valence-corrected chi connectivity index (χ2v) is 5.73. The third-order valence-corrected chi connectivity index (χ3v) is 4.59. The first kappa shape index (κ1) is 11.0. The molecule has 1 spiro atoms. The Morgan fingerprint density at radius 3 is 2.79 bits per heavy atom. The lowest BCUT2D eigenvalue weighted by Gasteiger charge is -2.27. The van der Waals surface area contributed by atoms with Gasteiger partial charge in [-0.15, -0.1) is 0 Å². The minimum atomic E-state index is 0.287. The van der Waals surface area contributed by atoms with Crippen LogP contribution in [0.25, 0.3) is 0 Å². The van der Waals surface area contributed by atoms with Gasteiger partial charge in [-0.1, -0.05) is 18.2 Å². The molecule has 1 saturated carbocycles. The zero-order valence-corrected chi connectivity index (χ0v) is 11.1. The number of anilines is 1. The Kier molecular flexibility index (Phi) is 2.19. The van der Waals surface area contributed by atoms with E-state index in [-0.39, 0.29) is 6.04 Å². The number of nitrogens with zero attached hydrogens (tertiary/aromatic N) is 3. The Balaban J connectivity index is 1.74. The monoisotopic (exact) mass is 251 g/mol. The van der Waals surface area contributed by atoms with Crippen molar-refractivity contribution in [2.75, 3.05) is 11.4 Å². The third kappa shape index (κ3) is 1.57. The summed E-state index contributed by atoms with van der Waals surface area (Å²) in [5.74, 6) is 0. The first-order chi connectivity index (χ1) is 9.30. The molecule has 0 saturated heterocycles. The van der Waals surface area contributed by atoms with E-state index < -0.39 is 0 Å². The summed E-state index contributed by atoms with van der Waals surface area (Å²) in [6, 6.07) is 9.13. The van der Waals surface area contributed by atoms with Crippen LogP contribution in [-0.2, 0) is 5.41 Å². The van der Waals surface area contributed by atoms with Gasteiger partial charge in [-0.05, 0) is 31.4 Å². The molecule has 1 unspecified atom stereocenters. The molecule has 0 amide bonds. The Morgan fingerprint density at radius 2 is 2.05 bits per heavy atom. The van der Waals surface area contributed by atoms with Crippen molar-refractivity contribution < 1.29 is 0 Å². The molecule has 1 aliphatic heterocycles. The summed E-state index contributed by atoms with van der Waals surface area (Å²) in [6.07, 6.45) is 8.05. The maximum atomic E-state index is 4.46. The second kappa shape index (κ2) is 3.80. The molecule has 1 aromatic carbocycles. The topological polar surface area (TPSA) is 29.0 Å². The molecule has 1 aliphatic carbocycles. The van der Waals surface area contributed by atoms with E-state index in [9.17, 15) is 0 Å². The molecule has 3 heteroatoms. The van der Waals surface area contributed by atoms with E-state index >= 15 is 0 Å². The number of para-hydroxylation sites is 1. The number of aromatic nitrogens is 2. The minimum Gasteiger partial charge on any atom is -0.362 e. The maximum Gasteiger partial charge on any atom is 0.0808 e. The van der Waals surface area contributed by atoms with Crippen molar-refractivity contribution in [3.05, 3.63) is 54.1 Å². The summed E-state index contributed by atoms with van der Waals surface area (Å²) >= 11 is 0. The van der Waals surface area contributed by atoms with Gasteiger partial charge in [0.2, 0.25) is 0 Å². The molecule has 1 aromatic heterocycles. The molecule has 1 fully saturated rings. The Morgan fingerprint density at radius 1 is 1.21 bits per heavy atom. The highest BCUT2D eigenvalue weighted by Gasteiger charge is 2.52. The van der Waals surface area contributed by atoms with Gasteiger partial charge in [-0.2, -0.15) is 0 Å². The van der Waals surface area contributed by atoms with Crippen molar-refractivity contribution in [2.45, 2.75) is 31.2 Å². The lowest BCUT2D eigenvalue weighted by Crippen LogP contribution is -2.28. The van der Waals surface area contributed by atoms with Crippen molar-refractivity contribution in [3.63, 3.8) is 0 Å². The highest BCUT2D eigenvalue weighted by molar-refractivity contribution is 5.65. The number of rotatable bonds is 2. The van der Waals surface area contributed by atoms with Gasteiger partial charge >= 0.3 is 0 Å². The Bertz CT molecular complexity index is 604. The molecule has 19 heavy (non-hydrogen) atoms. The molecular formula is C16H17N3. The van der Waals surface area contributed by atoms with E-state index in [1.54, 1.807) is 12.4 Å². The van der Waals surface area contributed by atoms with Crippen LogP contribution in [0.5, 0.6) is 0 Å². The van der Waals surface area contributed by atoms with Crippen molar-refractivity contribution >= 4 is 5.69 Å². The van der Waals surface area contributed by atoms with E-state index in [1.807, 2.05) is 6.20 Å². The van der Waals surface area contributed by atoms with Gasteiger partial charge in [0, 0.05) is 30.0 Å². The van der Waals surface area contributed by atoms with Gasteiger partial charge in [0.15, 0.2) is 0 Å². The van der Waals surface area contributed by atoms with Crippen LogP contribution in [0.4, 0.5) is 5.69 Å². The SMILES string of the molecule is CC(c1cnccn1)N1CC2(CC2)c2ccccc21. The number of hydrogen-bond donors (Lipinski definition) is 0. The van der Waals surface area contributed by atoms with Crippen molar-refractivity contribution in [3.8, 4) is 0 Å². The zero-order valence-electron chi connectivity index (χ0n) is 11.1. The maximum absolute atomic E-state index is 4.46. The molecule has 2 aromatic rings. The fourth-order valence-corrected chi connectivity index (χ4v) is 3.28. The van der Waals surface area contributed by atoms with E-state index in [2.05, 4.69) is 46.1 Å². The average molecular weight is 251 g/mol. The minimum absolute atomic E-state index is 0.287. The summed E-state index contributed by atoms with van der Waals surface area (Å²) in [5.41, 5.74) is 4.41. The van der Waals surface area contributed by atoms with Gasteiger partial charge in [-0.3, -0.25) is 9.97 Å². The van der Waals surface area contributed by atoms with Crippen LogP contribution < -0.4 is 4.90 Å². The van der Waals surface area contributed by atoms with Crippen molar-refractivity contribution in [1.82, 2.24) is 9.97 Å². The lowest BCUT2D eigenvalue weighted by atomic mass is 9.99. The lowest BCUT2D eigenvalue weighted by molar-refractivity contribution is 0.618. The molecule has 96 valence electrons. The summed E-state index contributed by atoms with van der Waals surface area (Å²) in [6.45, 7) is 3.35. The van der Waals surface area contributed by atoms with Gasteiger partial charge < -0.3 is 4.90 Å². The van der Waals surface area contributed by atoms with E-state index in [0.29, 0.717) is 5.41 Å².